The van der Waals surface area contributed by atoms with E-state index in [9.17, 15) is 14.4 Å². The van der Waals surface area contributed by atoms with Gasteiger partial charge in [0.05, 0.1) is 0 Å². The van der Waals surface area contributed by atoms with Gasteiger partial charge >= 0.3 is 5.97 Å². The monoisotopic (exact) mass is 423 g/mol. The van der Waals surface area contributed by atoms with Gasteiger partial charge in [0.1, 0.15) is 5.75 Å². The summed E-state index contributed by atoms with van der Waals surface area (Å²) in [5, 5.41) is 2.95. The van der Waals surface area contributed by atoms with Crippen molar-refractivity contribution in [2.24, 2.45) is 5.92 Å². The van der Waals surface area contributed by atoms with Crippen LogP contribution < -0.4 is 15.0 Å². The molecule has 1 N–H and O–H groups in total. The highest BCUT2D eigenvalue weighted by Gasteiger charge is 2.24. The van der Waals surface area contributed by atoms with E-state index >= 15 is 0 Å². The number of hydrogen-bond acceptors (Lipinski definition) is 5. The molecule has 0 aromatic heterocycles. The Labute approximate surface area is 183 Å². The van der Waals surface area contributed by atoms with Crippen LogP contribution in [0.4, 0.5) is 5.69 Å². The molecule has 0 saturated carbocycles. The van der Waals surface area contributed by atoms with Gasteiger partial charge in [-0.05, 0) is 61.2 Å². The van der Waals surface area contributed by atoms with E-state index in [2.05, 4.69) is 5.32 Å². The SMILES string of the molecule is CC(=O)Oc1cccc(C(=O)NCC2CCN(C(=O)c3ccc(N(C)C)cc3)CC2)c1. The molecule has 0 unspecified atom stereocenters. The molecule has 0 radical (unpaired) electrons. The normalized spacial score (nSPS) is 14.1. The number of amides is 2. The molecule has 1 saturated heterocycles. The zero-order valence-corrected chi connectivity index (χ0v) is 18.3. The Balaban J connectivity index is 1.47. The van der Waals surface area contributed by atoms with Crippen LogP contribution in [-0.4, -0.2) is 56.4 Å². The fourth-order valence-corrected chi connectivity index (χ4v) is 3.63. The molecule has 2 aromatic rings. The lowest BCUT2D eigenvalue weighted by Crippen LogP contribution is -2.41. The largest absolute Gasteiger partial charge is 0.427 e. The third-order valence-electron chi connectivity index (χ3n) is 5.44. The van der Waals surface area contributed by atoms with Crippen molar-refractivity contribution in [2.45, 2.75) is 19.8 Å². The Hall–Kier alpha value is -3.35. The second kappa shape index (κ2) is 10.1. The van der Waals surface area contributed by atoms with Crippen molar-refractivity contribution in [2.75, 3.05) is 38.6 Å². The Morgan fingerprint density at radius 2 is 1.71 bits per heavy atom. The highest BCUT2D eigenvalue weighted by molar-refractivity contribution is 5.95. The minimum absolute atomic E-state index is 0.0510. The van der Waals surface area contributed by atoms with Crippen molar-refractivity contribution >= 4 is 23.5 Å². The molecular formula is C24H29N3O4. The van der Waals surface area contributed by atoms with Crippen molar-refractivity contribution in [1.29, 1.82) is 0 Å². The van der Waals surface area contributed by atoms with E-state index in [1.807, 2.05) is 48.2 Å². The molecule has 164 valence electrons. The van der Waals surface area contributed by atoms with E-state index in [1.165, 1.54) is 6.92 Å². The number of carbonyl (C=O) groups is 3. The lowest BCUT2D eigenvalue weighted by Gasteiger charge is -2.32. The minimum atomic E-state index is -0.424. The van der Waals surface area contributed by atoms with Gasteiger partial charge in [0.25, 0.3) is 11.8 Å². The smallest absolute Gasteiger partial charge is 0.308 e. The predicted octanol–water partition coefficient (Wildman–Crippen LogP) is 2.96. The van der Waals surface area contributed by atoms with Gasteiger partial charge in [-0.25, -0.2) is 0 Å². The van der Waals surface area contributed by atoms with E-state index < -0.39 is 5.97 Å². The number of anilines is 1. The lowest BCUT2D eigenvalue weighted by atomic mass is 9.96. The van der Waals surface area contributed by atoms with Crippen molar-refractivity contribution in [1.82, 2.24) is 10.2 Å². The average Bonchev–Trinajstić information content (AvgIpc) is 2.77. The molecule has 0 atom stereocenters. The molecule has 1 aliphatic heterocycles. The molecule has 7 heteroatoms. The van der Waals surface area contributed by atoms with Crippen LogP contribution in [0.25, 0.3) is 0 Å². The first-order valence-corrected chi connectivity index (χ1v) is 10.5. The van der Waals surface area contributed by atoms with Gasteiger partial charge in [0.2, 0.25) is 0 Å². The maximum Gasteiger partial charge on any atom is 0.308 e. The quantitative estimate of drug-likeness (QED) is 0.571. The van der Waals surface area contributed by atoms with Crippen LogP contribution in [0.5, 0.6) is 5.75 Å². The van der Waals surface area contributed by atoms with Crippen molar-refractivity contribution in [3.63, 3.8) is 0 Å². The summed E-state index contributed by atoms with van der Waals surface area (Å²) in [5.74, 6) is 0.0995. The number of rotatable bonds is 6. The van der Waals surface area contributed by atoms with Crippen LogP contribution in [0.3, 0.4) is 0 Å². The molecule has 2 amide bonds. The fourth-order valence-electron chi connectivity index (χ4n) is 3.63. The van der Waals surface area contributed by atoms with Crippen molar-refractivity contribution < 1.29 is 19.1 Å². The van der Waals surface area contributed by atoms with Gasteiger partial charge in [0.15, 0.2) is 0 Å². The summed E-state index contributed by atoms with van der Waals surface area (Å²) in [6.45, 7) is 3.23. The third kappa shape index (κ3) is 6.07. The summed E-state index contributed by atoms with van der Waals surface area (Å²) in [6.07, 6.45) is 1.69. The Kier molecular flexibility index (Phi) is 7.28. The van der Waals surface area contributed by atoms with Crippen LogP contribution in [0.2, 0.25) is 0 Å². The molecule has 0 aliphatic carbocycles. The molecule has 31 heavy (non-hydrogen) atoms. The molecule has 2 aromatic carbocycles. The number of nitrogens with one attached hydrogen (secondary N) is 1. The summed E-state index contributed by atoms with van der Waals surface area (Å²) in [5.41, 5.74) is 2.21. The highest BCUT2D eigenvalue weighted by atomic mass is 16.5. The summed E-state index contributed by atoms with van der Waals surface area (Å²) < 4.78 is 5.03. The van der Waals surface area contributed by atoms with E-state index in [4.69, 9.17) is 4.74 Å². The second-order valence-corrected chi connectivity index (χ2v) is 8.01. The third-order valence-corrected chi connectivity index (χ3v) is 5.44. The fraction of sp³-hybridized carbons (Fsp3) is 0.375. The standard InChI is InChI=1S/C24H29N3O4/c1-17(28)31-22-6-4-5-20(15-22)23(29)25-16-18-11-13-27(14-12-18)24(30)19-7-9-21(10-8-19)26(2)3/h4-10,15,18H,11-14,16H2,1-3H3,(H,25,29). The number of hydrogen-bond donors (Lipinski definition) is 1. The lowest BCUT2D eigenvalue weighted by molar-refractivity contribution is -0.131. The maximum absolute atomic E-state index is 12.8. The van der Waals surface area contributed by atoms with Gasteiger partial charge in [0, 0.05) is 57.5 Å². The predicted molar refractivity (Wildman–Crippen MR) is 119 cm³/mol. The highest BCUT2D eigenvalue weighted by Crippen LogP contribution is 2.20. The number of piperidine rings is 1. The Morgan fingerprint density at radius 1 is 1.03 bits per heavy atom. The first-order valence-electron chi connectivity index (χ1n) is 10.5. The molecule has 3 rings (SSSR count). The number of carbonyl (C=O) groups excluding carboxylic acids is 3. The van der Waals surface area contributed by atoms with Crippen molar-refractivity contribution in [3.05, 3.63) is 59.7 Å². The number of nitrogens with zero attached hydrogens (tertiary/aromatic N) is 2. The van der Waals surface area contributed by atoms with Crippen LogP contribution in [0.15, 0.2) is 48.5 Å². The minimum Gasteiger partial charge on any atom is -0.427 e. The molecule has 0 bridgehead atoms. The van der Waals surface area contributed by atoms with Crippen LogP contribution in [0.1, 0.15) is 40.5 Å². The van der Waals surface area contributed by atoms with Gasteiger partial charge in [-0.2, -0.15) is 0 Å². The Morgan fingerprint density at radius 3 is 2.32 bits per heavy atom. The number of esters is 1. The van der Waals surface area contributed by atoms with Crippen molar-refractivity contribution in [3.8, 4) is 5.75 Å². The molecule has 7 nitrogen and oxygen atoms in total. The zero-order chi connectivity index (χ0) is 22.4. The van der Waals surface area contributed by atoms with E-state index in [0.29, 0.717) is 42.4 Å². The molecule has 1 fully saturated rings. The van der Waals surface area contributed by atoms with E-state index in [1.54, 1.807) is 24.3 Å². The molecule has 0 spiro atoms. The first kappa shape index (κ1) is 22.3. The van der Waals surface area contributed by atoms with Gasteiger partial charge in [-0.1, -0.05) is 6.07 Å². The Bertz CT molecular complexity index is 932. The van der Waals surface area contributed by atoms with E-state index in [-0.39, 0.29) is 11.8 Å². The molecule has 1 heterocycles. The molecular weight excluding hydrogens is 394 g/mol. The molecule has 1 aliphatic rings. The average molecular weight is 424 g/mol. The summed E-state index contributed by atoms with van der Waals surface area (Å²) in [7, 11) is 3.94. The van der Waals surface area contributed by atoms with Crippen LogP contribution >= 0.6 is 0 Å². The van der Waals surface area contributed by atoms with Gasteiger partial charge < -0.3 is 19.9 Å². The first-order chi connectivity index (χ1) is 14.8. The number of benzene rings is 2. The summed E-state index contributed by atoms with van der Waals surface area (Å²) in [4.78, 5) is 40.2. The maximum atomic E-state index is 12.8. The van der Waals surface area contributed by atoms with Crippen LogP contribution in [0, 0.1) is 5.92 Å². The van der Waals surface area contributed by atoms with Gasteiger partial charge in [-0.3, -0.25) is 14.4 Å². The zero-order valence-electron chi connectivity index (χ0n) is 18.3. The summed E-state index contributed by atoms with van der Waals surface area (Å²) in [6, 6.07) is 14.2. The summed E-state index contributed by atoms with van der Waals surface area (Å²) >= 11 is 0. The van der Waals surface area contributed by atoms with Gasteiger partial charge in [-0.15, -0.1) is 0 Å². The van der Waals surface area contributed by atoms with E-state index in [0.717, 1.165) is 18.5 Å². The van der Waals surface area contributed by atoms with Crippen LogP contribution in [-0.2, 0) is 4.79 Å². The second-order valence-electron chi connectivity index (χ2n) is 8.01. The number of ether oxygens (including phenoxy) is 1. The number of likely N-dealkylation sites (tertiary alicyclic amines) is 1. The topological polar surface area (TPSA) is 79.0 Å².